The van der Waals surface area contributed by atoms with Crippen LogP contribution in [0.4, 0.5) is 18.9 Å². The van der Waals surface area contributed by atoms with Crippen molar-refractivity contribution < 1.29 is 75.8 Å². The number of aromatic nitrogens is 2. The Bertz CT molecular complexity index is 3150. The van der Waals surface area contributed by atoms with Crippen LogP contribution in [0.5, 0.6) is 0 Å². The van der Waals surface area contributed by atoms with Gasteiger partial charge in [-0.05, 0) is 98.7 Å². The van der Waals surface area contributed by atoms with E-state index >= 15 is 19.2 Å². The van der Waals surface area contributed by atoms with Gasteiger partial charge >= 0.3 is 12.1 Å². The SMILES string of the molecule is CC[C@@H]1CC(=O)[C@H]([C@H](O)[C@H](C)Cc2nc3ccc(NC(=O)C(F)(F)F)cc3[nH]2)N(C)C(=O)[C@H](C(C)C)N(C)C(=O)[C@H](CC(C)C)N(C)C(=O)[C@H](CC(C)C)N(C)C(=O)[C@@H](C)NC(=O)[C@H](C)CC(=O)[C@H](CC(C)C)N(C)C(=O)[C@H](C(C)C)CC(=O)[C@H](CC(C)C)N(C)C(=O)CN(C)C1=O. The largest absolute Gasteiger partial charge is 0.471 e. The first-order chi connectivity index (χ1) is 45.2. The quantitative estimate of drug-likeness (QED) is 0.129. The lowest BCUT2D eigenvalue weighted by molar-refractivity contribution is -0.167. The highest BCUT2D eigenvalue weighted by atomic mass is 19.4. The van der Waals surface area contributed by atoms with Crippen LogP contribution in [-0.4, -0.2) is 230 Å². The van der Waals surface area contributed by atoms with Gasteiger partial charge in [-0.3, -0.25) is 57.5 Å². The third-order valence-electron chi connectivity index (χ3n) is 18.9. The minimum atomic E-state index is -5.17. The predicted octanol–water partition coefficient (Wildman–Crippen LogP) is 7.19. The maximum absolute atomic E-state index is 15.5. The molecule has 12 atom stereocenters. The molecule has 1 aromatic carbocycles. The summed E-state index contributed by atoms with van der Waals surface area (Å²) >= 11 is 0. The van der Waals surface area contributed by atoms with Crippen molar-refractivity contribution in [2.45, 2.75) is 223 Å². The number of benzene rings is 1. The number of hydrogen-bond donors (Lipinski definition) is 4. The second-order valence-corrected chi connectivity index (χ2v) is 29.8. The van der Waals surface area contributed by atoms with Crippen molar-refractivity contribution >= 4 is 87.2 Å². The van der Waals surface area contributed by atoms with E-state index in [1.54, 1.807) is 46.9 Å². The van der Waals surface area contributed by atoms with E-state index in [4.69, 9.17) is 0 Å². The second kappa shape index (κ2) is 36.7. The van der Waals surface area contributed by atoms with Gasteiger partial charge in [0.25, 0.3) is 0 Å². The van der Waals surface area contributed by atoms with Gasteiger partial charge in [0.1, 0.15) is 36.0 Å². The number of carbonyl (C=O) groups excluding carboxylic acids is 12. The van der Waals surface area contributed by atoms with Crippen molar-refractivity contribution in [3.05, 3.63) is 24.0 Å². The minimum absolute atomic E-state index is 0.0287. The molecule has 0 spiro atoms. The lowest BCUT2D eigenvalue weighted by Gasteiger charge is -2.41. The van der Waals surface area contributed by atoms with Gasteiger partial charge in [0.05, 0.1) is 35.8 Å². The van der Waals surface area contributed by atoms with Gasteiger partial charge < -0.3 is 55.0 Å². The smallest absolute Gasteiger partial charge is 0.390 e. The molecule has 0 bridgehead atoms. The maximum Gasteiger partial charge on any atom is 0.471 e. The van der Waals surface area contributed by atoms with E-state index in [1.165, 1.54) is 106 Å². The van der Waals surface area contributed by atoms with E-state index in [9.17, 15) is 56.6 Å². The second-order valence-electron chi connectivity index (χ2n) is 29.8. The Labute approximate surface area is 578 Å². The number of nitrogens with zero attached hydrogens (tertiary/aromatic N) is 8. The third kappa shape index (κ3) is 22.6. The van der Waals surface area contributed by atoms with Crippen LogP contribution >= 0.6 is 0 Å². The number of carbonyl (C=O) groups is 12. The normalized spacial score (nSPS) is 25.2. The van der Waals surface area contributed by atoms with Gasteiger partial charge in [-0.25, -0.2) is 4.98 Å². The summed E-state index contributed by atoms with van der Waals surface area (Å²) in [6.45, 7) is 27.4. The van der Waals surface area contributed by atoms with E-state index in [-0.39, 0.29) is 97.6 Å². The Kier molecular flexibility index (Phi) is 31.8. The summed E-state index contributed by atoms with van der Waals surface area (Å²) in [5.41, 5.74) is 0.313. The molecule has 24 nitrogen and oxygen atoms in total. The fraction of sp³-hybridized carbons (Fsp3) is 0.732. The number of ketones is 3. The summed E-state index contributed by atoms with van der Waals surface area (Å²) in [6, 6.07) is -5.01. The highest BCUT2D eigenvalue weighted by molar-refractivity contribution is 6.00. The van der Waals surface area contributed by atoms with Crippen molar-refractivity contribution in [3.63, 3.8) is 0 Å². The first-order valence-corrected chi connectivity index (χ1v) is 34.5. The van der Waals surface area contributed by atoms with Crippen molar-refractivity contribution in [1.82, 2.24) is 49.6 Å². The Hall–Kier alpha value is -7.32. The van der Waals surface area contributed by atoms with Crippen LogP contribution in [0.1, 0.15) is 168 Å². The van der Waals surface area contributed by atoms with E-state index in [1.807, 2.05) is 55.4 Å². The molecule has 27 heteroatoms. The molecule has 98 heavy (non-hydrogen) atoms. The van der Waals surface area contributed by atoms with Crippen LogP contribution in [-0.2, 0) is 64.0 Å². The maximum atomic E-state index is 15.5. The fourth-order valence-electron chi connectivity index (χ4n) is 12.9. The average Bonchev–Trinajstić information content (AvgIpc) is 1.00. The number of imidazole rings is 1. The summed E-state index contributed by atoms with van der Waals surface area (Å²) in [5, 5.41) is 17.1. The van der Waals surface area contributed by atoms with Crippen molar-refractivity contribution in [2.75, 3.05) is 61.2 Å². The van der Waals surface area contributed by atoms with Crippen LogP contribution < -0.4 is 10.6 Å². The Morgan fingerprint density at radius 3 is 1.54 bits per heavy atom. The molecule has 0 unspecified atom stereocenters. The molecule has 1 fully saturated rings. The van der Waals surface area contributed by atoms with Gasteiger partial charge in [0.2, 0.25) is 47.3 Å². The van der Waals surface area contributed by atoms with E-state index in [0.717, 1.165) is 9.80 Å². The highest BCUT2D eigenvalue weighted by Crippen LogP contribution is 2.31. The van der Waals surface area contributed by atoms with E-state index in [2.05, 4.69) is 15.3 Å². The summed E-state index contributed by atoms with van der Waals surface area (Å²) in [4.78, 5) is 191. The molecule has 1 saturated heterocycles. The van der Waals surface area contributed by atoms with Crippen LogP contribution in [0.3, 0.4) is 0 Å². The van der Waals surface area contributed by atoms with Crippen LogP contribution in [0.2, 0.25) is 0 Å². The molecule has 2 heterocycles. The third-order valence-corrected chi connectivity index (χ3v) is 18.9. The zero-order chi connectivity index (χ0) is 75.2. The van der Waals surface area contributed by atoms with E-state index < -0.39 is 174 Å². The number of nitrogens with one attached hydrogen (secondary N) is 3. The first-order valence-electron chi connectivity index (χ1n) is 34.5. The number of halogens is 3. The summed E-state index contributed by atoms with van der Waals surface area (Å²) in [6.07, 6.45) is -7.61. The Balaban J connectivity index is 2.34. The Morgan fingerprint density at radius 2 is 1.05 bits per heavy atom. The number of anilines is 1. The zero-order valence-corrected chi connectivity index (χ0v) is 62.3. The van der Waals surface area contributed by atoms with Gasteiger partial charge in [-0.2, -0.15) is 13.2 Å². The molecule has 0 saturated carbocycles. The molecular weight excluding hydrogens is 1270 g/mol. The predicted molar refractivity (Wildman–Crippen MR) is 367 cm³/mol. The lowest BCUT2D eigenvalue weighted by atomic mass is 9.84. The van der Waals surface area contributed by atoms with Gasteiger partial charge in [0.15, 0.2) is 17.3 Å². The Morgan fingerprint density at radius 1 is 0.582 bits per heavy atom. The van der Waals surface area contributed by atoms with Crippen molar-refractivity contribution in [2.24, 2.45) is 59.2 Å². The number of Topliss-reactive ketones (excluding diaryl/α,β-unsaturated/α-hetero) is 3. The van der Waals surface area contributed by atoms with Crippen molar-refractivity contribution in [1.29, 1.82) is 0 Å². The molecule has 9 amide bonds. The minimum Gasteiger partial charge on any atom is -0.390 e. The number of H-pyrrole nitrogens is 1. The van der Waals surface area contributed by atoms with Crippen LogP contribution in [0.15, 0.2) is 18.2 Å². The molecular formula is C71H114F3N11O13. The van der Waals surface area contributed by atoms with E-state index in [0.29, 0.717) is 0 Å². The number of fused-ring (bicyclic) bond motifs is 1. The fourth-order valence-corrected chi connectivity index (χ4v) is 12.9. The molecule has 2 aromatic rings. The summed E-state index contributed by atoms with van der Waals surface area (Å²) in [7, 11) is 9.82. The highest BCUT2D eigenvalue weighted by Gasteiger charge is 2.46. The number of rotatable bonds is 16. The van der Waals surface area contributed by atoms with Gasteiger partial charge in [-0.1, -0.05) is 104 Å². The van der Waals surface area contributed by atoms with Crippen LogP contribution in [0.25, 0.3) is 11.0 Å². The zero-order valence-electron chi connectivity index (χ0n) is 62.3. The van der Waals surface area contributed by atoms with Crippen LogP contribution in [0, 0.1) is 59.2 Å². The topological polar surface area (TPSA) is 300 Å². The number of likely N-dealkylation sites (N-methyl/N-ethyl adjacent to an activating group) is 7. The molecule has 3 rings (SSSR count). The standard InChI is InChI=1S/C71H114F3N11O13/c1-24-46-33-57(88)61(62(90)43(14)32-58-77-49-26-25-47(34-50(49)78-58)76-70(98)71(72,73)74)85(23)69(97)60(42(12)13)84(22)68(96)54(30-40(8)9)83(21)67(95)53(29-39(6)7)82(20)64(92)45(16)75-63(91)44(15)31-55(86)52(28-38(4)5)81(19)66(94)48(41(10)11)35-56(87)51(27-37(2)3)80(18)59(89)36-79(17)65(46)93/h25-26,34,37-46,48,51-54,60-62,90H,24,27-33,35-36H2,1-23H3,(H,75,91)(H,76,98)(H,77,78)/t43-,44-,45-,46-,48+,51+,52+,53+,54+,60+,61-,62-/m1/s1. The number of aliphatic hydroxyl groups is 1. The summed E-state index contributed by atoms with van der Waals surface area (Å²) in [5.74, 6) is -14.7. The molecule has 1 aromatic heterocycles. The monoisotopic (exact) mass is 1390 g/mol. The number of aromatic amines is 1. The molecule has 4 N–H and O–H groups in total. The molecule has 0 aliphatic carbocycles. The summed E-state index contributed by atoms with van der Waals surface area (Å²) < 4.78 is 39.5. The lowest BCUT2D eigenvalue weighted by Crippen LogP contribution is -2.62. The van der Waals surface area contributed by atoms with Crippen molar-refractivity contribution in [3.8, 4) is 0 Å². The number of alkyl halides is 3. The number of amides is 9. The van der Waals surface area contributed by atoms with Gasteiger partial charge in [0, 0.05) is 98.5 Å². The number of hydrogen-bond acceptors (Lipinski definition) is 14. The molecule has 1 aliphatic rings. The molecule has 552 valence electrons. The van der Waals surface area contributed by atoms with Gasteiger partial charge in [-0.15, -0.1) is 0 Å². The molecule has 0 radical (unpaired) electrons. The number of aliphatic hydroxyl groups excluding tert-OH is 1. The molecule has 1 aliphatic heterocycles. The first kappa shape index (κ1) is 84.9. The average molecular weight is 1390 g/mol.